The van der Waals surface area contributed by atoms with E-state index in [1.807, 2.05) is 36.4 Å². The van der Waals surface area contributed by atoms with E-state index in [4.69, 9.17) is 5.73 Å². The summed E-state index contributed by atoms with van der Waals surface area (Å²) in [6.07, 6.45) is 4.05. The van der Waals surface area contributed by atoms with Gasteiger partial charge in [0, 0.05) is 12.6 Å². The number of rotatable bonds is 5. The Hall–Kier alpha value is -2.13. The van der Waals surface area contributed by atoms with Gasteiger partial charge in [0.05, 0.1) is 5.41 Å². The lowest BCUT2D eigenvalue weighted by Gasteiger charge is -2.29. The normalized spacial score (nSPS) is 17.4. The van der Waals surface area contributed by atoms with Crippen LogP contribution >= 0.6 is 0 Å². The molecule has 3 nitrogen and oxygen atoms in total. The third-order valence-electron chi connectivity index (χ3n) is 5.17. The summed E-state index contributed by atoms with van der Waals surface area (Å²) in [7, 11) is 0. The summed E-state index contributed by atoms with van der Waals surface area (Å²) in [5.74, 6) is 0.122. The highest BCUT2D eigenvalue weighted by molar-refractivity contribution is 5.88. The molecule has 1 unspecified atom stereocenters. The molecule has 1 aliphatic rings. The summed E-state index contributed by atoms with van der Waals surface area (Å²) >= 11 is 0. The predicted molar refractivity (Wildman–Crippen MR) is 97.7 cm³/mol. The van der Waals surface area contributed by atoms with Gasteiger partial charge in [0.25, 0.3) is 0 Å². The third kappa shape index (κ3) is 3.36. The topological polar surface area (TPSA) is 55.1 Å². The largest absolute Gasteiger partial charge is 0.353 e. The quantitative estimate of drug-likeness (QED) is 0.883. The Labute approximate surface area is 144 Å². The van der Waals surface area contributed by atoms with Gasteiger partial charge in [0.2, 0.25) is 5.91 Å². The molecule has 3 heteroatoms. The molecule has 126 valence electrons. The average molecular weight is 322 g/mol. The Morgan fingerprint density at radius 3 is 2.50 bits per heavy atom. The molecule has 1 saturated carbocycles. The maximum absolute atomic E-state index is 13.0. The van der Waals surface area contributed by atoms with E-state index in [-0.39, 0.29) is 17.4 Å². The molecule has 24 heavy (non-hydrogen) atoms. The molecule has 1 fully saturated rings. The van der Waals surface area contributed by atoms with Crippen molar-refractivity contribution in [3.8, 4) is 0 Å². The van der Waals surface area contributed by atoms with Gasteiger partial charge >= 0.3 is 0 Å². The van der Waals surface area contributed by atoms with E-state index in [0.717, 1.165) is 36.8 Å². The van der Waals surface area contributed by atoms with E-state index in [1.165, 1.54) is 5.56 Å². The number of hydrogen-bond acceptors (Lipinski definition) is 2. The Morgan fingerprint density at radius 1 is 1.12 bits per heavy atom. The van der Waals surface area contributed by atoms with Crippen molar-refractivity contribution in [2.75, 3.05) is 6.54 Å². The molecule has 2 aromatic carbocycles. The van der Waals surface area contributed by atoms with Gasteiger partial charge in [0.1, 0.15) is 0 Å². The van der Waals surface area contributed by atoms with Gasteiger partial charge < -0.3 is 11.1 Å². The SMILES string of the molecule is Cc1cccc(C2(C(=O)NCC(N)c3ccccc3)CCCC2)c1. The molecule has 0 bridgehead atoms. The van der Waals surface area contributed by atoms with Crippen LogP contribution in [0, 0.1) is 6.92 Å². The Bertz CT molecular complexity index is 690. The number of carbonyl (C=O) groups excluding carboxylic acids is 1. The fraction of sp³-hybridized carbons (Fsp3) is 0.381. The highest BCUT2D eigenvalue weighted by Crippen LogP contribution is 2.41. The Kier molecular flexibility index (Phi) is 5.00. The lowest BCUT2D eigenvalue weighted by molar-refractivity contribution is -0.126. The van der Waals surface area contributed by atoms with Gasteiger partial charge in [-0.2, -0.15) is 0 Å². The van der Waals surface area contributed by atoms with Crippen LogP contribution in [0.2, 0.25) is 0 Å². The molecule has 0 saturated heterocycles. The van der Waals surface area contributed by atoms with E-state index in [2.05, 4.69) is 30.4 Å². The molecule has 1 atom stereocenters. The van der Waals surface area contributed by atoms with Crippen LogP contribution in [0.4, 0.5) is 0 Å². The first kappa shape index (κ1) is 16.7. The molecule has 0 aliphatic heterocycles. The maximum Gasteiger partial charge on any atom is 0.230 e. The summed E-state index contributed by atoms with van der Waals surface area (Å²) in [5.41, 5.74) is 9.24. The molecule has 3 N–H and O–H groups in total. The molecule has 1 aliphatic carbocycles. The van der Waals surface area contributed by atoms with Crippen molar-refractivity contribution in [3.05, 3.63) is 71.3 Å². The molecule has 3 rings (SSSR count). The van der Waals surface area contributed by atoms with E-state index in [0.29, 0.717) is 6.54 Å². The van der Waals surface area contributed by atoms with Crippen molar-refractivity contribution >= 4 is 5.91 Å². The number of nitrogens with one attached hydrogen (secondary N) is 1. The fourth-order valence-corrected chi connectivity index (χ4v) is 3.76. The van der Waals surface area contributed by atoms with Gasteiger partial charge in [-0.3, -0.25) is 4.79 Å². The van der Waals surface area contributed by atoms with Crippen LogP contribution in [0.25, 0.3) is 0 Å². The predicted octanol–water partition coefficient (Wildman–Crippen LogP) is 3.62. The minimum Gasteiger partial charge on any atom is -0.353 e. The maximum atomic E-state index is 13.0. The van der Waals surface area contributed by atoms with Crippen LogP contribution in [0.5, 0.6) is 0 Å². The van der Waals surface area contributed by atoms with Gasteiger partial charge in [-0.15, -0.1) is 0 Å². The van der Waals surface area contributed by atoms with Crippen LogP contribution in [0.15, 0.2) is 54.6 Å². The molecule has 0 spiro atoms. The highest BCUT2D eigenvalue weighted by Gasteiger charge is 2.42. The lowest BCUT2D eigenvalue weighted by atomic mass is 9.77. The monoisotopic (exact) mass is 322 g/mol. The molecule has 0 radical (unpaired) electrons. The molecular weight excluding hydrogens is 296 g/mol. The smallest absolute Gasteiger partial charge is 0.230 e. The first-order valence-corrected chi connectivity index (χ1v) is 8.78. The second-order valence-electron chi connectivity index (χ2n) is 6.89. The summed E-state index contributed by atoms with van der Waals surface area (Å²) in [6.45, 7) is 2.55. The van der Waals surface area contributed by atoms with Gasteiger partial charge in [-0.05, 0) is 30.9 Å². The van der Waals surface area contributed by atoms with Crippen LogP contribution in [-0.2, 0) is 10.2 Å². The third-order valence-corrected chi connectivity index (χ3v) is 5.17. The van der Waals surface area contributed by atoms with Crippen molar-refractivity contribution in [3.63, 3.8) is 0 Å². The number of hydrogen-bond donors (Lipinski definition) is 2. The van der Waals surface area contributed by atoms with Crippen LogP contribution in [0.3, 0.4) is 0 Å². The van der Waals surface area contributed by atoms with Crippen molar-refractivity contribution in [2.45, 2.75) is 44.1 Å². The number of carbonyl (C=O) groups is 1. The number of aryl methyl sites for hydroxylation is 1. The summed E-state index contributed by atoms with van der Waals surface area (Å²) < 4.78 is 0. The zero-order valence-electron chi connectivity index (χ0n) is 14.3. The minimum absolute atomic E-state index is 0.122. The molecular formula is C21H26N2O. The number of benzene rings is 2. The van der Waals surface area contributed by atoms with Crippen LogP contribution in [0.1, 0.15) is 48.4 Å². The van der Waals surface area contributed by atoms with Crippen molar-refractivity contribution in [1.82, 2.24) is 5.32 Å². The second-order valence-corrected chi connectivity index (χ2v) is 6.89. The van der Waals surface area contributed by atoms with Crippen molar-refractivity contribution in [2.24, 2.45) is 5.73 Å². The first-order chi connectivity index (χ1) is 11.6. The van der Waals surface area contributed by atoms with E-state index >= 15 is 0 Å². The van der Waals surface area contributed by atoms with E-state index in [1.54, 1.807) is 0 Å². The number of amides is 1. The van der Waals surface area contributed by atoms with Gasteiger partial charge in [-0.25, -0.2) is 0 Å². The molecule has 1 amide bonds. The lowest BCUT2D eigenvalue weighted by Crippen LogP contribution is -2.44. The van der Waals surface area contributed by atoms with Gasteiger partial charge in [-0.1, -0.05) is 73.0 Å². The first-order valence-electron chi connectivity index (χ1n) is 8.78. The molecule has 0 heterocycles. The Morgan fingerprint density at radius 2 is 1.83 bits per heavy atom. The zero-order chi connectivity index (χ0) is 17.0. The van der Waals surface area contributed by atoms with E-state index in [9.17, 15) is 4.79 Å². The van der Waals surface area contributed by atoms with Gasteiger partial charge in [0.15, 0.2) is 0 Å². The Balaban J connectivity index is 1.74. The second kappa shape index (κ2) is 7.18. The molecule has 0 aromatic heterocycles. The summed E-state index contributed by atoms with van der Waals surface area (Å²) in [5, 5.41) is 3.12. The van der Waals surface area contributed by atoms with Crippen molar-refractivity contribution in [1.29, 1.82) is 0 Å². The average Bonchev–Trinajstić information content (AvgIpc) is 3.11. The standard InChI is InChI=1S/C21H26N2O/c1-16-8-7-11-18(14-16)21(12-5-6-13-21)20(24)23-15-19(22)17-9-3-2-4-10-17/h2-4,7-11,14,19H,5-6,12-13,15,22H2,1H3,(H,23,24). The zero-order valence-corrected chi connectivity index (χ0v) is 14.3. The number of nitrogens with two attached hydrogens (primary N) is 1. The highest BCUT2D eigenvalue weighted by atomic mass is 16.2. The van der Waals surface area contributed by atoms with Crippen LogP contribution in [-0.4, -0.2) is 12.5 Å². The molecule has 2 aromatic rings. The van der Waals surface area contributed by atoms with E-state index < -0.39 is 0 Å². The summed E-state index contributed by atoms with van der Waals surface area (Å²) in [4.78, 5) is 13.0. The fourth-order valence-electron chi connectivity index (χ4n) is 3.76. The van der Waals surface area contributed by atoms with Crippen LogP contribution < -0.4 is 11.1 Å². The minimum atomic E-state index is -0.386. The summed E-state index contributed by atoms with van der Waals surface area (Å²) in [6, 6.07) is 18.1. The van der Waals surface area contributed by atoms with Crippen molar-refractivity contribution < 1.29 is 4.79 Å².